The highest BCUT2D eigenvalue weighted by molar-refractivity contribution is 9.11. The molecule has 6 heteroatoms. The van der Waals surface area contributed by atoms with Crippen LogP contribution in [-0.4, -0.2) is 16.1 Å². The van der Waals surface area contributed by atoms with Gasteiger partial charge in [0.25, 0.3) is 0 Å². The van der Waals surface area contributed by atoms with Gasteiger partial charge in [0.15, 0.2) is 0 Å². The van der Waals surface area contributed by atoms with Gasteiger partial charge in [-0.25, -0.2) is 4.98 Å². The molecule has 1 fully saturated rings. The van der Waals surface area contributed by atoms with E-state index in [-0.39, 0.29) is 11.8 Å². The van der Waals surface area contributed by atoms with Gasteiger partial charge >= 0.3 is 5.97 Å². The molecule has 2 aromatic heterocycles. The molecule has 88 valence electrons. The van der Waals surface area contributed by atoms with Crippen LogP contribution in [0.15, 0.2) is 21.3 Å². The Morgan fingerprint density at radius 2 is 2.35 bits per heavy atom. The summed E-state index contributed by atoms with van der Waals surface area (Å²) in [5, 5.41) is 11.8. The molecule has 0 aromatic carbocycles. The maximum absolute atomic E-state index is 10.8. The van der Waals surface area contributed by atoms with Gasteiger partial charge in [0.1, 0.15) is 5.01 Å². The molecule has 0 aliphatic heterocycles. The summed E-state index contributed by atoms with van der Waals surface area (Å²) in [6.45, 7) is 0. The van der Waals surface area contributed by atoms with E-state index in [1.165, 1.54) is 0 Å². The second kappa shape index (κ2) is 4.19. The summed E-state index contributed by atoms with van der Waals surface area (Å²) >= 11 is 6.65. The summed E-state index contributed by atoms with van der Waals surface area (Å²) in [6.07, 6.45) is 0.729. The molecular weight excluding hydrogens is 322 g/mol. The van der Waals surface area contributed by atoms with E-state index in [1.54, 1.807) is 22.7 Å². The highest BCUT2D eigenvalue weighted by Gasteiger charge is 2.45. The summed E-state index contributed by atoms with van der Waals surface area (Å²) in [5.41, 5.74) is 0.932. The first-order valence-electron chi connectivity index (χ1n) is 5.09. The minimum Gasteiger partial charge on any atom is -0.481 e. The van der Waals surface area contributed by atoms with Crippen LogP contribution in [0.1, 0.15) is 18.0 Å². The molecule has 2 unspecified atom stereocenters. The maximum atomic E-state index is 10.8. The van der Waals surface area contributed by atoms with Gasteiger partial charge in [0.2, 0.25) is 0 Å². The fourth-order valence-electron chi connectivity index (χ4n) is 1.79. The van der Waals surface area contributed by atoms with Crippen molar-refractivity contribution in [2.75, 3.05) is 0 Å². The quantitative estimate of drug-likeness (QED) is 0.931. The smallest absolute Gasteiger partial charge is 0.307 e. The average molecular weight is 330 g/mol. The van der Waals surface area contributed by atoms with Gasteiger partial charge in [0, 0.05) is 11.3 Å². The van der Waals surface area contributed by atoms with Crippen molar-refractivity contribution in [3.05, 3.63) is 27.0 Å². The number of rotatable bonds is 3. The zero-order chi connectivity index (χ0) is 12.0. The molecule has 0 amide bonds. The maximum Gasteiger partial charge on any atom is 0.307 e. The molecule has 2 aromatic rings. The molecule has 1 aliphatic rings. The van der Waals surface area contributed by atoms with Crippen LogP contribution in [0.2, 0.25) is 0 Å². The molecular formula is C11H8BrNO2S2. The fraction of sp³-hybridized carbons (Fsp3) is 0.273. The van der Waals surface area contributed by atoms with Crippen LogP contribution in [0.5, 0.6) is 0 Å². The fourth-order valence-corrected chi connectivity index (χ4v) is 4.14. The first-order chi connectivity index (χ1) is 8.15. The van der Waals surface area contributed by atoms with E-state index in [2.05, 4.69) is 20.9 Å². The Morgan fingerprint density at radius 1 is 1.53 bits per heavy atom. The van der Waals surface area contributed by atoms with Crippen LogP contribution in [0.4, 0.5) is 0 Å². The Balaban J connectivity index is 1.82. The van der Waals surface area contributed by atoms with Crippen molar-refractivity contribution in [2.24, 2.45) is 5.92 Å². The lowest BCUT2D eigenvalue weighted by molar-refractivity contribution is -0.138. The van der Waals surface area contributed by atoms with E-state index in [9.17, 15) is 4.79 Å². The number of hydrogen-bond acceptors (Lipinski definition) is 4. The van der Waals surface area contributed by atoms with E-state index in [1.807, 2.05) is 17.5 Å². The zero-order valence-corrected chi connectivity index (χ0v) is 11.8. The Bertz CT molecular complexity index is 578. The van der Waals surface area contributed by atoms with Gasteiger partial charge in [-0.3, -0.25) is 4.79 Å². The van der Waals surface area contributed by atoms with Crippen LogP contribution in [0.25, 0.3) is 9.88 Å². The number of aliphatic carboxylic acids is 1. The van der Waals surface area contributed by atoms with Crippen molar-refractivity contribution in [1.29, 1.82) is 0 Å². The molecule has 1 aliphatic carbocycles. The van der Waals surface area contributed by atoms with Gasteiger partial charge in [-0.2, -0.15) is 0 Å². The minimum absolute atomic E-state index is 0.126. The molecule has 0 spiro atoms. The van der Waals surface area contributed by atoms with Crippen LogP contribution in [0, 0.1) is 5.92 Å². The molecule has 2 heterocycles. The number of aromatic nitrogens is 1. The molecule has 2 atom stereocenters. The summed E-state index contributed by atoms with van der Waals surface area (Å²) < 4.78 is 1.08. The van der Waals surface area contributed by atoms with Crippen LogP contribution >= 0.6 is 38.6 Å². The number of carboxylic acids is 1. The van der Waals surface area contributed by atoms with Gasteiger partial charge in [-0.05, 0) is 34.5 Å². The van der Waals surface area contributed by atoms with E-state index < -0.39 is 5.97 Å². The number of carboxylic acid groups (broad SMARTS) is 1. The number of thiophene rings is 1. The molecule has 1 saturated carbocycles. The normalized spacial score (nSPS) is 22.6. The molecule has 0 saturated heterocycles. The van der Waals surface area contributed by atoms with Crippen molar-refractivity contribution < 1.29 is 9.90 Å². The van der Waals surface area contributed by atoms with Crippen molar-refractivity contribution >= 4 is 44.6 Å². The summed E-state index contributed by atoms with van der Waals surface area (Å²) in [4.78, 5) is 16.5. The number of halogens is 1. The van der Waals surface area contributed by atoms with E-state index >= 15 is 0 Å². The van der Waals surface area contributed by atoms with Gasteiger partial charge in [0.05, 0.1) is 20.3 Å². The van der Waals surface area contributed by atoms with E-state index in [0.717, 1.165) is 25.8 Å². The Morgan fingerprint density at radius 3 is 2.94 bits per heavy atom. The Labute approximate surface area is 114 Å². The number of thiazole rings is 1. The minimum atomic E-state index is -0.705. The highest BCUT2D eigenvalue weighted by Crippen LogP contribution is 2.48. The molecule has 0 radical (unpaired) electrons. The monoisotopic (exact) mass is 329 g/mol. The standard InChI is InChI=1S/C11H8BrNO2S2/c12-9-2-1-8(17-9)10-13-7(4-16-10)5-3-6(5)11(14)15/h1-2,4-6H,3H2,(H,14,15). The molecule has 0 bridgehead atoms. The van der Waals surface area contributed by atoms with E-state index in [4.69, 9.17) is 5.11 Å². The highest BCUT2D eigenvalue weighted by atomic mass is 79.9. The number of hydrogen-bond donors (Lipinski definition) is 1. The number of carbonyl (C=O) groups is 1. The van der Waals surface area contributed by atoms with Gasteiger partial charge < -0.3 is 5.11 Å². The summed E-state index contributed by atoms with van der Waals surface area (Å²) in [7, 11) is 0. The molecule has 3 rings (SSSR count). The van der Waals surface area contributed by atoms with Gasteiger partial charge in [-0.15, -0.1) is 22.7 Å². The Kier molecular flexibility index (Phi) is 2.80. The topological polar surface area (TPSA) is 50.2 Å². The van der Waals surface area contributed by atoms with Crippen LogP contribution in [0.3, 0.4) is 0 Å². The van der Waals surface area contributed by atoms with E-state index in [0.29, 0.717) is 0 Å². The first-order valence-corrected chi connectivity index (χ1v) is 7.58. The van der Waals surface area contributed by atoms with Crippen LogP contribution < -0.4 is 0 Å². The molecule has 17 heavy (non-hydrogen) atoms. The summed E-state index contributed by atoms with van der Waals surface area (Å²) in [5.74, 6) is -0.802. The zero-order valence-electron chi connectivity index (χ0n) is 8.59. The SMILES string of the molecule is O=C(O)C1CC1c1csc(-c2ccc(Br)s2)n1. The third kappa shape index (κ3) is 2.17. The molecule has 3 nitrogen and oxygen atoms in total. The first kappa shape index (κ1) is 11.4. The van der Waals surface area contributed by atoms with Crippen molar-refractivity contribution in [2.45, 2.75) is 12.3 Å². The summed E-state index contributed by atoms with van der Waals surface area (Å²) in [6, 6.07) is 4.02. The second-order valence-corrected chi connectivity index (χ2v) is 7.29. The predicted molar refractivity (Wildman–Crippen MR) is 71.6 cm³/mol. The average Bonchev–Trinajstić information content (AvgIpc) is 2.74. The lowest BCUT2D eigenvalue weighted by Crippen LogP contribution is -1.98. The lowest BCUT2D eigenvalue weighted by Gasteiger charge is -1.90. The Hall–Kier alpha value is -0.720. The molecule has 1 N–H and O–H groups in total. The predicted octanol–water partition coefficient (Wildman–Crippen LogP) is 3.82. The van der Waals surface area contributed by atoms with Crippen LogP contribution in [-0.2, 0) is 4.79 Å². The largest absolute Gasteiger partial charge is 0.481 e. The third-order valence-electron chi connectivity index (χ3n) is 2.79. The second-order valence-electron chi connectivity index (χ2n) is 3.97. The third-order valence-corrected chi connectivity index (χ3v) is 5.45. The van der Waals surface area contributed by atoms with Crippen molar-refractivity contribution in [1.82, 2.24) is 4.98 Å². The lowest BCUT2D eigenvalue weighted by atomic mass is 10.2. The van der Waals surface area contributed by atoms with Crippen molar-refractivity contribution in [3.8, 4) is 9.88 Å². The van der Waals surface area contributed by atoms with Crippen molar-refractivity contribution in [3.63, 3.8) is 0 Å². The number of nitrogens with zero attached hydrogens (tertiary/aromatic N) is 1. The van der Waals surface area contributed by atoms with Gasteiger partial charge in [-0.1, -0.05) is 0 Å².